The lowest BCUT2D eigenvalue weighted by molar-refractivity contribution is 0.773. The first-order valence-corrected chi connectivity index (χ1v) is 3.65. The normalized spacial score (nSPS) is 14.5. The van der Waals surface area contributed by atoms with E-state index in [2.05, 4.69) is 22.9 Å². The molecule has 6 heavy (non-hydrogen) atoms. The number of hydrogen-bond donors (Lipinski definition) is 0. The van der Waals surface area contributed by atoms with Gasteiger partial charge in [0.1, 0.15) is 0 Å². The van der Waals surface area contributed by atoms with E-state index in [0.717, 1.165) is 11.1 Å². The van der Waals surface area contributed by atoms with Gasteiger partial charge in [0.25, 0.3) is 0 Å². The average Bonchev–Trinajstić information content (AvgIpc) is 1.65. The molecule has 0 saturated heterocycles. The lowest BCUT2D eigenvalue weighted by Gasteiger charge is -1.95. The largest absolute Gasteiger partial charge is 0.0938 e. The number of halogens is 1. The quantitative estimate of drug-likeness (QED) is 0.554. The Kier molecular flexibility index (Phi) is 4.56. The highest BCUT2D eigenvalue weighted by molar-refractivity contribution is 9.09. The van der Waals surface area contributed by atoms with Crippen LogP contribution in [0.1, 0.15) is 6.92 Å². The Hall–Kier alpha value is 0.830. The van der Waals surface area contributed by atoms with Crippen LogP contribution in [0.25, 0.3) is 0 Å². The van der Waals surface area contributed by atoms with Crippen molar-refractivity contribution >= 4 is 28.6 Å². The van der Waals surface area contributed by atoms with Gasteiger partial charge >= 0.3 is 0 Å². The summed E-state index contributed by atoms with van der Waals surface area (Å²) in [7, 11) is 0. The summed E-state index contributed by atoms with van der Waals surface area (Å²) >= 11 is 8.05. The van der Waals surface area contributed by atoms with Crippen molar-refractivity contribution in [2.24, 2.45) is 5.92 Å². The monoisotopic (exact) mass is 167 g/mol. The Morgan fingerprint density at radius 3 is 2.33 bits per heavy atom. The van der Waals surface area contributed by atoms with Gasteiger partial charge in [-0.3, -0.25) is 0 Å². The first-order valence-electron chi connectivity index (χ1n) is 1.95. The summed E-state index contributed by atoms with van der Waals surface area (Å²) in [6.07, 6.45) is 0. The molecule has 0 spiro atoms. The molecular formula is C4H8BrS. The van der Waals surface area contributed by atoms with Crippen LogP contribution >= 0.6 is 28.6 Å². The molecule has 0 aliphatic carbocycles. The molecule has 1 unspecified atom stereocenters. The molecule has 0 bridgehead atoms. The zero-order chi connectivity index (χ0) is 4.99. The topological polar surface area (TPSA) is 0 Å². The molecule has 0 aliphatic rings. The van der Waals surface area contributed by atoms with Gasteiger partial charge in [-0.25, -0.2) is 0 Å². The van der Waals surface area contributed by atoms with Crippen molar-refractivity contribution in [3.8, 4) is 0 Å². The Labute approximate surface area is 52.9 Å². The highest BCUT2D eigenvalue weighted by atomic mass is 79.9. The fourth-order valence-corrected chi connectivity index (χ4v) is 0.694. The number of hydrogen-bond acceptors (Lipinski definition) is 0. The van der Waals surface area contributed by atoms with E-state index in [1.54, 1.807) is 0 Å². The molecule has 0 aromatic carbocycles. The molecule has 0 N–H and O–H groups in total. The van der Waals surface area contributed by atoms with Crippen LogP contribution < -0.4 is 0 Å². The molecule has 0 heterocycles. The minimum atomic E-state index is 0.667. The summed E-state index contributed by atoms with van der Waals surface area (Å²) in [5.74, 6) is 1.53. The van der Waals surface area contributed by atoms with Gasteiger partial charge in [0.05, 0.1) is 0 Å². The molecule has 0 rings (SSSR count). The van der Waals surface area contributed by atoms with E-state index >= 15 is 0 Å². The van der Waals surface area contributed by atoms with E-state index in [-0.39, 0.29) is 0 Å². The van der Waals surface area contributed by atoms with Crippen molar-refractivity contribution in [2.45, 2.75) is 6.92 Å². The smallest absolute Gasteiger partial charge is 0.00706 e. The molecule has 0 aromatic rings. The lowest BCUT2D eigenvalue weighted by Crippen LogP contribution is -1.94. The Morgan fingerprint density at radius 1 is 1.83 bits per heavy atom. The molecule has 0 amide bonds. The molecular weight excluding hydrogens is 160 g/mol. The van der Waals surface area contributed by atoms with Crippen LogP contribution in [-0.4, -0.2) is 11.1 Å². The van der Waals surface area contributed by atoms with Crippen molar-refractivity contribution in [2.75, 3.05) is 11.1 Å². The summed E-state index contributed by atoms with van der Waals surface area (Å²) < 4.78 is 0. The van der Waals surface area contributed by atoms with Gasteiger partial charge < -0.3 is 0 Å². The van der Waals surface area contributed by atoms with Gasteiger partial charge in [0, 0.05) is 11.1 Å². The van der Waals surface area contributed by atoms with Crippen molar-refractivity contribution < 1.29 is 0 Å². The van der Waals surface area contributed by atoms with Gasteiger partial charge in [-0.2, -0.15) is 0 Å². The second kappa shape index (κ2) is 4.00. The third kappa shape index (κ3) is 3.04. The fraction of sp³-hybridized carbons (Fsp3) is 1.00. The van der Waals surface area contributed by atoms with Crippen LogP contribution in [0, 0.1) is 5.92 Å². The zero-order valence-electron chi connectivity index (χ0n) is 3.78. The molecule has 0 saturated carbocycles. The van der Waals surface area contributed by atoms with Crippen molar-refractivity contribution in [1.29, 1.82) is 0 Å². The maximum Gasteiger partial charge on any atom is 0.00706 e. The predicted molar refractivity (Wildman–Crippen MR) is 35.4 cm³/mol. The second-order valence-corrected chi connectivity index (χ2v) is 2.41. The molecule has 0 fully saturated rings. The SMILES string of the molecule is CC(C[S])CBr. The van der Waals surface area contributed by atoms with Gasteiger partial charge in [-0.1, -0.05) is 35.5 Å². The van der Waals surface area contributed by atoms with Gasteiger partial charge in [0.2, 0.25) is 0 Å². The van der Waals surface area contributed by atoms with Gasteiger partial charge in [-0.15, -0.1) is 0 Å². The molecule has 0 aliphatic heterocycles. The third-order valence-corrected chi connectivity index (χ3v) is 2.22. The first kappa shape index (κ1) is 6.83. The Morgan fingerprint density at radius 2 is 2.33 bits per heavy atom. The minimum absolute atomic E-state index is 0.667. The predicted octanol–water partition coefficient (Wildman–Crippen LogP) is 2.21. The first-order chi connectivity index (χ1) is 2.81. The van der Waals surface area contributed by atoms with Crippen LogP contribution in [0.5, 0.6) is 0 Å². The fourth-order valence-electron chi connectivity index (χ4n) is 0.0445. The van der Waals surface area contributed by atoms with Gasteiger partial charge in [-0.05, 0) is 5.92 Å². The Balaban J connectivity index is 2.75. The van der Waals surface area contributed by atoms with Crippen LogP contribution in [-0.2, 0) is 0 Å². The van der Waals surface area contributed by atoms with E-state index in [4.69, 9.17) is 12.6 Å². The minimum Gasteiger partial charge on any atom is -0.0938 e. The van der Waals surface area contributed by atoms with Crippen molar-refractivity contribution in [3.05, 3.63) is 0 Å². The molecule has 0 nitrogen and oxygen atoms in total. The summed E-state index contributed by atoms with van der Waals surface area (Å²) in [6.45, 7) is 2.13. The maximum absolute atomic E-state index is 4.74. The van der Waals surface area contributed by atoms with Crippen LogP contribution in [0.2, 0.25) is 0 Å². The summed E-state index contributed by atoms with van der Waals surface area (Å²) in [4.78, 5) is 0. The summed E-state index contributed by atoms with van der Waals surface area (Å²) in [5, 5.41) is 1.04. The molecule has 1 atom stereocenters. The summed E-state index contributed by atoms with van der Waals surface area (Å²) in [6, 6.07) is 0. The van der Waals surface area contributed by atoms with E-state index in [1.807, 2.05) is 0 Å². The van der Waals surface area contributed by atoms with Crippen molar-refractivity contribution in [1.82, 2.24) is 0 Å². The van der Waals surface area contributed by atoms with E-state index in [9.17, 15) is 0 Å². The van der Waals surface area contributed by atoms with Crippen LogP contribution in [0.15, 0.2) is 0 Å². The highest BCUT2D eigenvalue weighted by Gasteiger charge is 1.91. The molecule has 37 valence electrons. The van der Waals surface area contributed by atoms with Crippen molar-refractivity contribution in [3.63, 3.8) is 0 Å². The standard InChI is InChI=1S/C4H8BrS/c1-4(2-5)3-6/h4H,2-3H2,1H3. The average molecular weight is 168 g/mol. The van der Waals surface area contributed by atoms with E-state index < -0.39 is 0 Å². The zero-order valence-corrected chi connectivity index (χ0v) is 6.18. The molecule has 1 radical (unpaired) electrons. The van der Waals surface area contributed by atoms with Crippen LogP contribution in [0.4, 0.5) is 0 Å². The lowest BCUT2D eigenvalue weighted by atomic mass is 10.3. The maximum atomic E-state index is 4.74. The number of alkyl halides is 1. The molecule has 2 heteroatoms. The second-order valence-electron chi connectivity index (χ2n) is 1.43. The highest BCUT2D eigenvalue weighted by Crippen LogP contribution is 1.99. The van der Waals surface area contributed by atoms with E-state index in [0.29, 0.717) is 5.92 Å². The van der Waals surface area contributed by atoms with Gasteiger partial charge in [0.15, 0.2) is 0 Å². The summed E-state index contributed by atoms with van der Waals surface area (Å²) in [5.41, 5.74) is 0. The Bertz CT molecular complexity index is 26.7. The van der Waals surface area contributed by atoms with E-state index in [1.165, 1.54) is 0 Å². The molecule has 0 aromatic heterocycles. The number of rotatable bonds is 2. The van der Waals surface area contributed by atoms with Crippen LogP contribution in [0.3, 0.4) is 0 Å². The third-order valence-electron chi connectivity index (χ3n) is 0.548.